The molecule has 0 heterocycles. The number of hydrogen-bond acceptors (Lipinski definition) is 4. The fourth-order valence-electron chi connectivity index (χ4n) is 1.73. The summed E-state index contributed by atoms with van der Waals surface area (Å²) in [6.45, 7) is 1.75. The second kappa shape index (κ2) is 6.02. The minimum absolute atomic E-state index is 0.0548. The van der Waals surface area contributed by atoms with E-state index in [1.807, 2.05) is 13.0 Å². The number of rotatable bonds is 4. The van der Waals surface area contributed by atoms with Gasteiger partial charge in [-0.15, -0.1) is 0 Å². The number of ether oxygens (including phenoxy) is 1. The Labute approximate surface area is 124 Å². The lowest BCUT2D eigenvalue weighted by Crippen LogP contribution is -1.94. The zero-order valence-corrected chi connectivity index (χ0v) is 12.3. The van der Waals surface area contributed by atoms with Crippen molar-refractivity contribution in [3.63, 3.8) is 0 Å². The molecule has 0 radical (unpaired) electrons. The molecule has 2 aromatic rings. The number of hydrogen-bond donors (Lipinski definition) is 1. The average Bonchev–Trinajstić information content (AvgIpc) is 2.42. The molecule has 0 fully saturated rings. The van der Waals surface area contributed by atoms with E-state index in [4.69, 9.17) is 4.74 Å². The van der Waals surface area contributed by atoms with E-state index in [-0.39, 0.29) is 12.3 Å². The Morgan fingerprint density at radius 3 is 2.65 bits per heavy atom. The van der Waals surface area contributed by atoms with E-state index in [1.54, 1.807) is 18.2 Å². The molecule has 0 aliphatic rings. The van der Waals surface area contributed by atoms with Crippen molar-refractivity contribution >= 4 is 21.6 Å². The molecule has 0 aliphatic carbocycles. The van der Waals surface area contributed by atoms with E-state index in [1.165, 1.54) is 12.1 Å². The number of aliphatic hydroxyl groups excluding tert-OH is 1. The van der Waals surface area contributed by atoms with Crippen LogP contribution in [0.25, 0.3) is 0 Å². The number of nitrogens with zero attached hydrogens (tertiary/aromatic N) is 1. The summed E-state index contributed by atoms with van der Waals surface area (Å²) in [5.74, 6) is 0.803. The largest absolute Gasteiger partial charge is 0.456 e. The molecule has 0 amide bonds. The Morgan fingerprint density at radius 2 is 2.00 bits per heavy atom. The summed E-state index contributed by atoms with van der Waals surface area (Å²) in [5, 5.41) is 20.1. The highest BCUT2D eigenvalue weighted by molar-refractivity contribution is 9.10. The molecule has 0 aliphatic heterocycles. The Kier molecular flexibility index (Phi) is 4.36. The second-order valence-corrected chi connectivity index (χ2v) is 5.10. The Balaban J connectivity index is 2.39. The van der Waals surface area contributed by atoms with Crippen LogP contribution in [0.3, 0.4) is 0 Å². The number of benzene rings is 2. The van der Waals surface area contributed by atoms with Gasteiger partial charge in [0.05, 0.1) is 22.1 Å². The zero-order chi connectivity index (χ0) is 14.7. The minimum Gasteiger partial charge on any atom is -0.456 e. The van der Waals surface area contributed by atoms with E-state index < -0.39 is 4.92 Å². The zero-order valence-electron chi connectivity index (χ0n) is 10.7. The highest BCUT2D eigenvalue weighted by Gasteiger charge is 2.13. The van der Waals surface area contributed by atoms with Crippen LogP contribution in [-0.2, 0) is 6.61 Å². The van der Waals surface area contributed by atoms with Gasteiger partial charge in [-0.05, 0) is 35.0 Å². The molecule has 0 bridgehead atoms. The molecule has 5 nitrogen and oxygen atoms in total. The topological polar surface area (TPSA) is 72.6 Å². The summed E-state index contributed by atoms with van der Waals surface area (Å²) < 4.78 is 6.27. The molecule has 2 aromatic carbocycles. The normalized spacial score (nSPS) is 10.3. The van der Waals surface area contributed by atoms with Crippen molar-refractivity contribution in [2.45, 2.75) is 13.5 Å². The molecule has 0 aromatic heterocycles. The summed E-state index contributed by atoms with van der Waals surface area (Å²) >= 11 is 3.29. The van der Waals surface area contributed by atoms with E-state index in [0.29, 0.717) is 21.5 Å². The predicted octanol–water partition coefficient (Wildman–Crippen LogP) is 3.95. The first kappa shape index (κ1) is 14.5. The third kappa shape index (κ3) is 3.15. The van der Waals surface area contributed by atoms with Crippen molar-refractivity contribution < 1.29 is 14.8 Å². The molecule has 2 rings (SSSR count). The van der Waals surface area contributed by atoms with E-state index in [9.17, 15) is 15.2 Å². The Morgan fingerprint density at radius 1 is 1.25 bits per heavy atom. The van der Waals surface area contributed by atoms with Gasteiger partial charge >= 0.3 is 0 Å². The fraction of sp³-hybridized carbons (Fsp3) is 0.143. The minimum atomic E-state index is -0.485. The van der Waals surface area contributed by atoms with Gasteiger partial charge in [-0.1, -0.05) is 17.7 Å². The third-order valence-electron chi connectivity index (χ3n) is 2.73. The summed E-state index contributed by atoms with van der Waals surface area (Å²) in [5.41, 5.74) is 1.57. The van der Waals surface area contributed by atoms with Gasteiger partial charge in [0, 0.05) is 11.6 Å². The molecule has 20 heavy (non-hydrogen) atoms. The van der Waals surface area contributed by atoms with Crippen LogP contribution in [0, 0.1) is 17.0 Å². The number of nitro benzene ring substituents is 1. The molecule has 104 valence electrons. The van der Waals surface area contributed by atoms with Gasteiger partial charge < -0.3 is 9.84 Å². The number of non-ortho nitro benzene ring substituents is 1. The molecule has 0 saturated carbocycles. The summed E-state index contributed by atoms with van der Waals surface area (Å²) in [7, 11) is 0. The van der Waals surface area contributed by atoms with Crippen molar-refractivity contribution in [2.24, 2.45) is 0 Å². The lowest BCUT2D eigenvalue weighted by molar-refractivity contribution is -0.384. The summed E-state index contributed by atoms with van der Waals surface area (Å²) in [6.07, 6.45) is 0. The van der Waals surface area contributed by atoms with Gasteiger partial charge in [0.1, 0.15) is 11.5 Å². The maximum Gasteiger partial charge on any atom is 0.273 e. The van der Waals surface area contributed by atoms with Crippen LogP contribution in [0.1, 0.15) is 11.1 Å². The van der Waals surface area contributed by atoms with Gasteiger partial charge in [0.15, 0.2) is 0 Å². The van der Waals surface area contributed by atoms with E-state index in [0.717, 1.165) is 5.56 Å². The summed E-state index contributed by atoms with van der Waals surface area (Å²) in [6, 6.07) is 9.66. The lowest BCUT2D eigenvalue weighted by Gasteiger charge is -2.11. The number of aryl methyl sites for hydroxylation is 1. The predicted molar refractivity (Wildman–Crippen MR) is 78.0 cm³/mol. The Hall–Kier alpha value is -1.92. The number of nitro groups is 1. The smallest absolute Gasteiger partial charge is 0.273 e. The van der Waals surface area contributed by atoms with E-state index >= 15 is 0 Å². The van der Waals surface area contributed by atoms with Gasteiger partial charge in [-0.25, -0.2) is 0 Å². The van der Waals surface area contributed by atoms with Crippen molar-refractivity contribution in [2.75, 3.05) is 0 Å². The molecule has 6 heteroatoms. The maximum absolute atomic E-state index is 10.8. The van der Waals surface area contributed by atoms with E-state index in [2.05, 4.69) is 15.9 Å². The van der Waals surface area contributed by atoms with Crippen LogP contribution in [0.5, 0.6) is 11.5 Å². The first-order valence-corrected chi connectivity index (χ1v) is 6.62. The first-order valence-electron chi connectivity index (χ1n) is 5.83. The molecule has 1 N–H and O–H groups in total. The molecule has 0 atom stereocenters. The third-order valence-corrected chi connectivity index (χ3v) is 3.39. The summed E-state index contributed by atoms with van der Waals surface area (Å²) in [4.78, 5) is 10.3. The monoisotopic (exact) mass is 337 g/mol. The van der Waals surface area contributed by atoms with Crippen LogP contribution >= 0.6 is 15.9 Å². The van der Waals surface area contributed by atoms with Gasteiger partial charge in [-0.2, -0.15) is 0 Å². The van der Waals surface area contributed by atoms with Gasteiger partial charge in [0.2, 0.25) is 0 Å². The van der Waals surface area contributed by atoms with Crippen molar-refractivity contribution in [3.05, 3.63) is 62.1 Å². The van der Waals surface area contributed by atoms with Crippen molar-refractivity contribution in [1.82, 2.24) is 0 Å². The standard InChI is InChI=1S/C14H12BrNO4/c1-9-2-5-13(10(6-9)8-17)20-14-7-11(16(18)19)3-4-12(14)15/h2-7,17H,8H2,1H3. The first-order chi connectivity index (χ1) is 9.51. The number of aliphatic hydroxyl groups is 1. The van der Waals surface area contributed by atoms with Crippen LogP contribution in [0.15, 0.2) is 40.9 Å². The lowest BCUT2D eigenvalue weighted by atomic mass is 10.1. The van der Waals surface area contributed by atoms with Crippen LogP contribution in [0.4, 0.5) is 5.69 Å². The van der Waals surface area contributed by atoms with Gasteiger partial charge in [-0.3, -0.25) is 10.1 Å². The fourth-order valence-corrected chi connectivity index (χ4v) is 2.06. The molecule has 0 spiro atoms. The number of halogens is 1. The van der Waals surface area contributed by atoms with Crippen molar-refractivity contribution in [3.8, 4) is 11.5 Å². The van der Waals surface area contributed by atoms with Crippen LogP contribution < -0.4 is 4.74 Å². The molecular weight excluding hydrogens is 326 g/mol. The highest BCUT2D eigenvalue weighted by atomic mass is 79.9. The van der Waals surface area contributed by atoms with Crippen LogP contribution in [-0.4, -0.2) is 10.0 Å². The highest BCUT2D eigenvalue weighted by Crippen LogP contribution is 2.34. The quantitative estimate of drug-likeness (QED) is 0.677. The van der Waals surface area contributed by atoms with Crippen LogP contribution in [0.2, 0.25) is 0 Å². The Bertz CT molecular complexity index is 658. The molecule has 0 saturated heterocycles. The molecule has 0 unspecified atom stereocenters. The maximum atomic E-state index is 10.8. The second-order valence-electron chi connectivity index (χ2n) is 4.24. The molecular formula is C14H12BrNO4. The van der Waals surface area contributed by atoms with Crippen molar-refractivity contribution in [1.29, 1.82) is 0 Å². The SMILES string of the molecule is Cc1ccc(Oc2cc([N+](=O)[O-])ccc2Br)c(CO)c1. The van der Waals surface area contributed by atoms with Gasteiger partial charge in [0.25, 0.3) is 5.69 Å². The average molecular weight is 338 g/mol.